The Hall–Kier alpha value is -2.87. The fraction of sp³-hybridized carbons (Fsp3) is 0.278. The van der Waals surface area contributed by atoms with Gasteiger partial charge in [-0.1, -0.05) is 6.07 Å². The van der Waals surface area contributed by atoms with Crippen molar-refractivity contribution in [2.24, 2.45) is 0 Å². The summed E-state index contributed by atoms with van der Waals surface area (Å²) in [6, 6.07) is 8.64. The van der Waals surface area contributed by atoms with Gasteiger partial charge in [0.05, 0.1) is 24.2 Å². The molecule has 0 saturated carbocycles. The van der Waals surface area contributed by atoms with Crippen LogP contribution in [-0.4, -0.2) is 29.9 Å². The molecule has 26 heavy (non-hydrogen) atoms. The third kappa shape index (κ3) is 3.85. The Balaban J connectivity index is 1.71. The summed E-state index contributed by atoms with van der Waals surface area (Å²) in [6.07, 6.45) is -0.679. The maximum atomic E-state index is 12.4. The number of rotatable bonds is 7. The van der Waals surface area contributed by atoms with E-state index >= 15 is 0 Å². The van der Waals surface area contributed by atoms with Crippen molar-refractivity contribution >= 4 is 17.3 Å². The summed E-state index contributed by atoms with van der Waals surface area (Å²) in [5.41, 5.74) is 0.343. The zero-order valence-electron chi connectivity index (χ0n) is 14.6. The molecular weight excluding hydrogens is 356 g/mol. The fourth-order valence-electron chi connectivity index (χ4n) is 2.25. The minimum Gasteiger partial charge on any atom is -0.493 e. The molecule has 0 N–H and O–H groups in total. The molecule has 7 nitrogen and oxygen atoms in total. The minimum absolute atomic E-state index is 0.236. The average molecular weight is 374 g/mol. The first-order valence-electron chi connectivity index (χ1n) is 8.01. The van der Waals surface area contributed by atoms with E-state index in [1.165, 1.54) is 18.4 Å². The van der Waals surface area contributed by atoms with E-state index in [9.17, 15) is 4.79 Å². The number of esters is 1. The van der Waals surface area contributed by atoms with Gasteiger partial charge in [-0.3, -0.25) is 0 Å². The molecule has 136 valence electrons. The first-order chi connectivity index (χ1) is 12.6. The number of ether oxygens (including phenoxy) is 3. The van der Waals surface area contributed by atoms with Gasteiger partial charge in [-0.25, -0.2) is 4.79 Å². The number of aromatic nitrogens is 2. The van der Waals surface area contributed by atoms with Gasteiger partial charge in [0.2, 0.25) is 0 Å². The third-order valence-corrected chi connectivity index (χ3v) is 4.36. The Morgan fingerprint density at radius 3 is 2.81 bits per heavy atom. The van der Waals surface area contributed by atoms with Crippen LogP contribution in [0.2, 0.25) is 0 Å². The van der Waals surface area contributed by atoms with Crippen LogP contribution >= 0.6 is 11.3 Å². The Morgan fingerprint density at radius 2 is 2.12 bits per heavy atom. The summed E-state index contributed by atoms with van der Waals surface area (Å²) in [5.74, 6) is 1.15. The predicted octanol–water partition coefficient (Wildman–Crippen LogP) is 4.12. The molecule has 0 aliphatic carbocycles. The van der Waals surface area contributed by atoms with Gasteiger partial charge >= 0.3 is 5.97 Å². The third-order valence-electron chi connectivity index (χ3n) is 3.50. The molecule has 0 bridgehead atoms. The summed E-state index contributed by atoms with van der Waals surface area (Å²) in [7, 11) is 1.51. The smallest absolute Gasteiger partial charge is 0.339 e. The van der Waals surface area contributed by atoms with Gasteiger partial charge in [0.15, 0.2) is 17.6 Å². The van der Waals surface area contributed by atoms with Crippen molar-refractivity contribution in [1.29, 1.82) is 0 Å². The standard InChI is InChI=1S/C18H18N2O5S/c1-4-23-13-8-7-12(10-14(13)22-3)18(21)24-11(2)16-19-20-17(25-16)15-6-5-9-26-15/h5-11H,4H2,1-3H3/t11-/m1/s1. The van der Waals surface area contributed by atoms with Crippen LogP contribution in [0.1, 0.15) is 36.2 Å². The van der Waals surface area contributed by atoms with E-state index in [4.69, 9.17) is 18.6 Å². The summed E-state index contributed by atoms with van der Waals surface area (Å²) in [6.45, 7) is 4.05. The lowest BCUT2D eigenvalue weighted by atomic mass is 10.2. The van der Waals surface area contributed by atoms with Crippen LogP contribution in [0, 0.1) is 0 Å². The number of hydrogen-bond donors (Lipinski definition) is 0. The summed E-state index contributed by atoms with van der Waals surface area (Å²) >= 11 is 1.49. The second kappa shape index (κ2) is 8.01. The molecule has 2 heterocycles. The van der Waals surface area contributed by atoms with E-state index in [-0.39, 0.29) is 5.89 Å². The second-order valence-corrected chi connectivity index (χ2v) is 6.22. The number of nitrogens with zero attached hydrogens (tertiary/aromatic N) is 2. The molecule has 0 unspecified atom stereocenters. The average Bonchev–Trinajstić information content (AvgIpc) is 3.33. The van der Waals surface area contributed by atoms with Gasteiger partial charge in [-0.05, 0) is 43.5 Å². The number of carbonyl (C=O) groups excluding carboxylic acids is 1. The fourth-order valence-corrected chi connectivity index (χ4v) is 2.89. The van der Waals surface area contributed by atoms with Crippen LogP contribution in [0.5, 0.6) is 11.5 Å². The zero-order valence-corrected chi connectivity index (χ0v) is 15.4. The highest BCUT2D eigenvalue weighted by Gasteiger charge is 2.21. The maximum Gasteiger partial charge on any atom is 0.339 e. The van der Waals surface area contributed by atoms with Crippen LogP contribution in [0.25, 0.3) is 10.8 Å². The van der Waals surface area contributed by atoms with E-state index in [2.05, 4.69) is 10.2 Å². The van der Waals surface area contributed by atoms with Crippen molar-refractivity contribution in [3.05, 3.63) is 47.2 Å². The van der Waals surface area contributed by atoms with Crippen molar-refractivity contribution in [3.63, 3.8) is 0 Å². The quantitative estimate of drug-likeness (QED) is 0.575. The number of methoxy groups -OCH3 is 1. The molecule has 0 radical (unpaired) electrons. The molecule has 0 aliphatic rings. The first-order valence-corrected chi connectivity index (χ1v) is 8.89. The SMILES string of the molecule is CCOc1ccc(C(=O)O[C@H](C)c2nnc(-c3cccs3)o2)cc1OC. The van der Waals surface area contributed by atoms with Gasteiger partial charge in [0, 0.05) is 0 Å². The van der Waals surface area contributed by atoms with E-state index in [0.717, 1.165) is 4.88 Å². The highest BCUT2D eigenvalue weighted by atomic mass is 32.1. The van der Waals surface area contributed by atoms with Gasteiger partial charge in [-0.2, -0.15) is 0 Å². The molecule has 0 spiro atoms. The highest BCUT2D eigenvalue weighted by molar-refractivity contribution is 7.13. The van der Waals surface area contributed by atoms with Crippen LogP contribution in [0.15, 0.2) is 40.1 Å². The Kier molecular flexibility index (Phi) is 5.52. The number of hydrogen-bond acceptors (Lipinski definition) is 8. The van der Waals surface area contributed by atoms with Crippen LogP contribution in [-0.2, 0) is 4.74 Å². The van der Waals surface area contributed by atoms with E-state index < -0.39 is 12.1 Å². The Morgan fingerprint density at radius 1 is 1.27 bits per heavy atom. The van der Waals surface area contributed by atoms with E-state index in [1.54, 1.807) is 25.1 Å². The molecule has 0 fully saturated rings. The lowest BCUT2D eigenvalue weighted by Gasteiger charge is -2.12. The van der Waals surface area contributed by atoms with Gasteiger partial charge in [0.25, 0.3) is 11.8 Å². The lowest BCUT2D eigenvalue weighted by Crippen LogP contribution is -2.10. The zero-order chi connectivity index (χ0) is 18.5. The Labute approximate surface area is 154 Å². The summed E-state index contributed by atoms with van der Waals surface area (Å²) in [5, 5.41) is 9.86. The molecule has 3 aromatic rings. The molecule has 1 atom stereocenters. The molecule has 3 rings (SSSR count). The monoisotopic (exact) mass is 374 g/mol. The number of benzene rings is 1. The number of carbonyl (C=O) groups is 1. The molecule has 0 aliphatic heterocycles. The minimum atomic E-state index is -0.679. The van der Waals surface area contributed by atoms with Gasteiger partial charge in [-0.15, -0.1) is 21.5 Å². The van der Waals surface area contributed by atoms with E-state index in [1.807, 2.05) is 24.4 Å². The predicted molar refractivity (Wildman–Crippen MR) is 95.6 cm³/mol. The van der Waals surface area contributed by atoms with Crippen molar-refractivity contribution in [2.75, 3.05) is 13.7 Å². The van der Waals surface area contributed by atoms with E-state index in [0.29, 0.717) is 29.6 Å². The van der Waals surface area contributed by atoms with Crippen molar-refractivity contribution in [2.45, 2.75) is 20.0 Å². The molecule has 0 amide bonds. The molecule has 2 aromatic heterocycles. The van der Waals surface area contributed by atoms with Crippen LogP contribution in [0.4, 0.5) is 0 Å². The summed E-state index contributed by atoms with van der Waals surface area (Å²) < 4.78 is 21.7. The maximum absolute atomic E-state index is 12.4. The molecule has 1 aromatic carbocycles. The van der Waals surface area contributed by atoms with Crippen molar-refractivity contribution < 1.29 is 23.4 Å². The Bertz CT molecular complexity index is 876. The van der Waals surface area contributed by atoms with Crippen molar-refractivity contribution in [3.8, 4) is 22.3 Å². The van der Waals surface area contributed by atoms with Gasteiger partial charge in [0.1, 0.15) is 0 Å². The highest BCUT2D eigenvalue weighted by Crippen LogP contribution is 2.30. The molecular formula is C18H18N2O5S. The van der Waals surface area contributed by atoms with Crippen LogP contribution < -0.4 is 9.47 Å². The lowest BCUT2D eigenvalue weighted by molar-refractivity contribution is 0.0279. The van der Waals surface area contributed by atoms with Crippen LogP contribution in [0.3, 0.4) is 0 Å². The topological polar surface area (TPSA) is 83.7 Å². The molecule has 8 heteroatoms. The largest absolute Gasteiger partial charge is 0.493 e. The summed E-state index contributed by atoms with van der Waals surface area (Å²) in [4.78, 5) is 13.3. The number of thiophene rings is 1. The van der Waals surface area contributed by atoms with Gasteiger partial charge < -0.3 is 18.6 Å². The first kappa shape index (κ1) is 17.9. The second-order valence-electron chi connectivity index (χ2n) is 5.27. The van der Waals surface area contributed by atoms with Crippen molar-refractivity contribution in [1.82, 2.24) is 10.2 Å². The normalized spacial score (nSPS) is 11.8. The molecule has 0 saturated heterocycles.